The molecular weight excluding hydrogens is 484 g/mol. The topological polar surface area (TPSA) is 40.9 Å². The number of amides is 1. The number of aryl methyl sites for hydroxylation is 1. The number of pyridine rings is 1. The molecule has 4 aromatic rings. The number of alkyl halides is 3. The summed E-state index contributed by atoms with van der Waals surface area (Å²) < 4.78 is 56.7. The fourth-order valence-corrected chi connectivity index (χ4v) is 5.01. The normalized spacial score (nSPS) is 15.3. The number of imidazole rings is 1. The van der Waals surface area contributed by atoms with Gasteiger partial charge < -0.3 is 14.2 Å². The van der Waals surface area contributed by atoms with Crippen molar-refractivity contribution in [3.8, 4) is 0 Å². The summed E-state index contributed by atoms with van der Waals surface area (Å²) in [5, 5.41) is 0. The van der Waals surface area contributed by atoms with Crippen LogP contribution in [-0.4, -0.2) is 46.4 Å². The Kier molecular flexibility index (Phi) is 6.62. The van der Waals surface area contributed by atoms with Gasteiger partial charge in [-0.25, -0.2) is 9.37 Å². The number of benzene rings is 2. The Morgan fingerprint density at radius 3 is 2.43 bits per heavy atom. The minimum absolute atomic E-state index is 0.0108. The second-order valence-electron chi connectivity index (χ2n) is 9.24. The van der Waals surface area contributed by atoms with Crippen molar-refractivity contribution in [2.45, 2.75) is 25.4 Å². The molecule has 1 saturated heterocycles. The molecule has 1 aliphatic heterocycles. The summed E-state index contributed by atoms with van der Waals surface area (Å²) in [5.41, 5.74) is 2.33. The molecule has 0 saturated carbocycles. The number of anilines is 1. The summed E-state index contributed by atoms with van der Waals surface area (Å²) in [6.45, 7) is 3.62. The summed E-state index contributed by atoms with van der Waals surface area (Å²) in [5.74, 6) is -1.11. The van der Waals surface area contributed by atoms with Crippen LogP contribution in [0.3, 0.4) is 0 Å². The Hall–Kier alpha value is -3.88. The van der Waals surface area contributed by atoms with E-state index in [9.17, 15) is 22.4 Å². The first kappa shape index (κ1) is 24.8. The Morgan fingerprint density at radius 2 is 1.70 bits per heavy atom. The first-order valence-electron chi connectivity index (χ1n) is 12.1. The highest BCUT2D eigenvalue weighted by molar-refractivity contribution is 5.78. The lowest BCUT2D eigenvalue weighted by molar-refractivity contribution is -0.137. The molecule has 0 bridgehead atoms. The van der Waals surface area contributed by atoms with Crippen LogP contribution in [0, 0.1) is 12.7 Å². The van der Waals surface area contributed by atoms with Crippen molar-refractivity contribution in [2.75, 3.05) is 31.1 Å². The average Bonchev–Trinajstić information content (AvgIpc) is 3.32. The lowest BCUT2D eigenvalue weighted by Crippen LogP contribution is -2.49. The van der Waals surface area contributed by atoms with E-state index < -0.39 is 17.7 Å². The average molecular weight is 511 g/mol. The number of piperazine rings is 1. The van der Waals surface area contributed by atoms with Gasteiger partial charge in [-0.3, -0.25) is 4.79 Å². The molecule has 1 atom stereocenters. The maximum Gasteiger partial charge on any atom is 0.416 e. The zero-order chi connectivity index (χ0) is 26.2. The summed E-state index contributed by atoms with van der Waals surface area (Å²) >= 11 is 0. The maximum atomic E-state index is 14.2. The largest absolute Gasteiger partial charge is 0.416 e. The predicted molar refractivity (Wildman–Crippen MR) is 133 cm³/mol. The fourth-order valence-electron chi connectivity index (χ4n) is 5.01. The number of carbonyl (C=O) groups is 1. The van der Waals surface area contributed by atoms with Crippen LogP contribution < -0.4 is 4.90 Å². The Balaban J connectivity index is 1.43. The minimum atomic E-state index is -4.50. The molecule has 1 aliphatic rings. The molecule has 192 valence electrons. The van der Waals surface area contributed by atoms with E-state index in [2.05, 4.69) is 4.98 Å². The summed E-state index contributed by atoms with van der Waals surface area (Å²) in [6.07, 6.45) is -2.87. The molecule has 0 spiro atoms. The van der Waals surface area contributed by atoms with Crippen LogP contribution in [0.25, 0.3) is 5.65 Å². The van der Waals surface area contributed by atoms with Gasteiger partial charge in [0.2, 0.25) is 5.91 Å². The molecule has 2 aromatic carbocycles. The van der Waals surface area contributed by atoms with Crippen LogP contribution >= 0.6 is 0 Å². The lowest BCUT2D eigenvalue weighted by atomic mass is 9.90. The van der Waals surface area contributed by atoms with Crippen molar-refractivity contribution >= 4 is 17.2 Å². The Labute approximate surface area is 212 Å². The lowest BCUT2D eigenvalue weighted by Gasteiger charge is -2.36. The number of para-hydroxylation sites is 1. The highest BCUT2D eigenvalue weighted by atomic mass is 19.4. The van der Waals surface area contributed by atoms with Gasteiger partial charge in [0.25, 0.3) is 0 Å². The number of hydrogen-bond acceptors (Lipinski definition) is 3. The van der Waals surface area contributed by atoms with Gasteiger partial charge in [0.15, 0.2) is 0 Å². The molecule has 1 amide bonds. The van der Waals surface area contributed by atoms with Crippen molar-refractivity contribution in [2.24, 2.45) is 0 Å². The third kappa shape index (κ3) is 5.03. The van der Waals surface area contributed by atoms with E-state index in [1.54, 1.807) is 35.4 Å². The van der Waals surface area contributed by atoms with Crippen LogP contribution in [0.4, 0.5) is 23.2 Å². The van der Waals surface area contributed by atoms with Crippen molar-refractivity contribution in [3.05, 3.63) is 101 Å². The molecule has 0 radical (unpaired) electrons. The van der Waals surface area contributed by atoms with Crippen LogP contribution in [-0.2, 0) is 11.0 Å². The third-order valence-corrected chi connectivity index (χ3v) is 6.93. The zero-order valence-corrected chi connectivity index (χ0v) is 20.3. The van der Waals surface area contributed by atoms with Crippen molar-refractivity contribution < 1.29 is 22.4 Å². The second-order valence-corrected chi connectivity index (χ2v) is 9.24. The number of rotatable bonds is 5. The van der Waals surface area contributed by atoms with E-state index >= 15 is 0 Å². The molecule has 2 aromatic heterocycles. The van der Waals surface area contributed by atoms with Gasteiger partial charge in [-0.1, -0.05) is 36.4 Å². The molecular formula is C28H26F4N4O. The number of nitrogens with zero attached hydrogens (tertiary/aromatic N) is 4. The molecule has 1 fully saturated rings. The van der Waals surface area contributed by atoms with Crippen LogP contribution in [0.2, 0.25) is 0 Å². The molecule has 9 heteroatoms. The Morgan fingerprint density at radius 1 is 0.973 bits per heavy atom. The molecule has 0 aliphatic carbocycles. The smallest absolute Gasteiger partial charge is 0.366 e. The molecule has 1 unspecified atom stereocenters. The zero-order valence-electron chi connectivity index (χ0n) is 20.3. The van der Waals surface area contributed by atoms with Crippen LogP contribution in [0.5, 0.6) is 0 Å². The van der Waals surface area contributed by atoms with Gasteiger partial charge >= 0.3 is 6.18 Å². The SMILES string of the molecule is Cc1cccc2ncc(C(CC(=O)N3CCN(c4ccccc4F)CC3)c3cccc(C(F)(F)F)c3)n12. The van der Waals surface area contributed by atoms with Crippen LogP contribution in [0.1, 0.15) is 34.9 Å². The second kappa shape index (κ2) is 9.88. The number of aromatic nitrogens is 2. The Bertz CT molecular complexity index is 1420. The van der Waals surface area contributed by atoms with Gasteiger partial charge in [-0.2, -0.15) is 13.2 Å². The quantitative estimate of drug-likeness (QED) is 0.325. The molecule has 0 N–H and O–H groups in total. The molecule has 3 heterocycles. The number of halogens is 4. The van der Waals surface area contributed by atoms with E-state index in [-0.39, 0.29) is 18.1 Å². The first-order valence-corrected chi connectivity index (χ1v) is 12.1. The molecule has 37 heavy (non-hydrogen) atoms. The third-order valence-electron chi connectivity index (χ3n) is 6.93. The van der Waals surface area contributed by atoms with E-state index in [1.807, 2.05) is 34.4 Å². The first-order chi connectivity index (χ1) is 17.7. The highest BCUT2D eigenvalue weighted by Gasteiger charge is 2.33. The summed E-state index contributed by atoms with van der Waals surface area (Å²) in [4.78, 5) is 21.5. The minimum Gasteiger partial charge on any atom is -0.366 e. The predicted octanol–water partition coefficient (Wildman–Crippen LogP) is 5.67. The van der Waals surface area contributed by atoms with Crippen LogP contribution in [0.15, 0.2) is 72.9 Å². The standard InChI is InChI=1S/C28H26F4N4O/c1-19-6-4-11-26-33-18-25(36(19)26)22(20-7-5-8-21(16-20)28(30,31)32)17-27(37)35-14-12-34(13-15-35)24-10-3-2-9-23(24)29/h2-11,16,18,22H,12-15,17H2,1H3. The molecule has 5 nitrogen and oxygen atoms in total. The highest BCUT2D eigenvalue weighted by Crippen LogP contribution is 2.35. The summed E-state index contributed by atoms with van der Waals surface area (Å²) in [7, 11) is 0. The van der Waals surface area contributed by atoms with Gasteiger partial charge in [0.1, 0.15) is 11.5 Å². The van der Waals surface area contributed by atoms with Gasteiger partial charge in [0, 0.05) is 50.4 Å². The van der Waals surface area contributed by atoms with E-state index in [0.29, 0.717) is 48.8 Å². The maximum absolute atomic E-state index is 14.2. The monoisotopic (exact) mass is 510 g/mol. The fraction of sp³-hybridized carbons (Fsp3) is 0.286. The van der Waals surface area contributed by atoms with E-state index in [4.69, 9.17) is 0 Å². The van der Waals surface area contributed by atoms with Crippen molar-refractivity contribution in [3.63, 3.8) is 0 Å². The number of hydrogen-bond donors (Lipinski definition) is 0. The summed E-state index contributed by atoms with van der Waals surface area (Å²) in [6, 6.07) is 17.3. The number of fused-ring (bicyclic) bond motifs is 1. The van der Waals surface area contributed by atoms with Gasteiger partial charge in [-0.05, 0) is 42.8 Å². The van der Waals surface area contributed by atoms with Crippen molar-refractivity contribution in [1.82, 2.24) is 14.3 Å². The van der Waals surface area contributed by atoms with E-state index in [0.717, 1.165) is 17.8 Å². The molecule has 5 rings (SSSR count). The van der Waals surface area contributed by atoms with Gasteiger partial charge in [0.05, 0.1) is 16.9 Å². The van der Waals surface area contributed by atoms with Crippen molar-refractivity contribution in [1.29, 1.82) is 0 Å². The van der Waals surface area contributed by atoms with Gasteiger partial charge in [-0.15, -0.1) is 0 Å². The van der Waals surface area contributed by atoms with E-state index in [1.165, 1.54) is 12.1 Å². The number of carbonyl (C=O) groups excluding carboxylic acids is 1.